The highest BCUT2D eigenvalue weighted by Gasteiger charge is 2.23. The van der Waals surface area contributed by atoms with Crippen LogP contribution in [0, 0.1) is 0 Å². The number of hydrogen-bond donors (Lipinski definition) is 2. The van der Waals surface area contributed by atoms with Crippen molar-refractivity contribution >= 4 is 23.7 Å². The molecule has 2 rings (SSSR count). The number of nitrogens with zero attached hydrogens (tertiary/aromatic N) is 2. The maximum Gasteiger partial charge on any atom is 0.407 e. The van der Waals surface area contributed by atoms with E-state index in [9.17, 15) is 24.0 Å². The number of ether oxygens (including phenoxy) is 2. The van der Waals surface area contributed by atoms with Crippen LogP contribution in [0.5, 0.6) is 0 Å². The van der Waals surface area contributed by atoms with Gasteiger partial charge in [0.05, 0.1) is 13.0 Å². The molecule has 0 aliphatic carbocycles. The minimum absolute atomic E-state index is 0.0309. The second-order valence-corrected chi connectivity index (χ2v) is 8.43. The molecule has 0 bridgehead atoms. The van der Waals surface area contributed by atoms with Crippen LogP contribution in [0.25, 0.3) is 0 Å². The van der Waals surface area contributed by atoms with Crippen molar-refractivity contribution in [3.8, 4) is 0 Å². The highest BCUT2D eigenvalue weighted by molar-refractivity contribution is 6.01. The molecule has 0 radical (unpaired) electrons. The van der Waals surface area contributed by atoms with Gasteiger partial charge >= 0.3 is 17.8 Å². The van der Waals surface area contributed by atoms with Crippen LogP contribution in [0.3, 0.4) is 0 Å². The summed E-state index contributed by atoms with van der Waals surface area (Å²) in [6.07, 6.45) is -0.903. The van der Waals surface area contributed by atoms with E-state index in [0.717, 1.165) is 14.7 Å². The number of benzene rings is 1. The van der Waals surface area contributed by atoms with E-state index < -0.39 is 46.9 Å². The predicted molar refractivity (Wildman–Crippen MR) is 125 cm³/mol. The number of nitrogens with two attached hydrogens (primary N) is 1. The first-order valence-electron chi connectivity index (χ1n) is 10.8. The molecule has 0 unspecified atom stereocenters. The van der Waals surface area contributed by atoms with Crippen molar-refractivity contribution in [2.45, 2.75) is 52.8 Å². The first-order chi connectivity index (χ1) is 15.9. The molecule has 1 aromatic heterocycles. The summed E-state index contributed by atoms with van der Waals surface area (Å²) in [4.78, 5) is 61.8. The lowest BCUT2D eigenvalue weighted by molar-refractivity contribution is -0.142. The lowest BCUT2D eigenvalue weighted by atomic mass is 10.2. The molecule has 0 atom stereocenters. The van der Waals surface area contributed by atoms with Gasteiger partial charge in [0, 0.05) is 13.1 Å². The Labute approximate surface area is 196 Å². The fourth-order valence-electron chi connectivity index (χ4n) is 3.05. The fourth-order valence-corrected chi connectivity index (χ4v) is 3.05. The van der Waals surface area contributed by atoms with Crippen molar-refractivity contribution in [1.82, 2.24) is 14.5 Å². The van der Waals surface area contributed by atoms with E-state index in [4.69, 9.17) is 15.2 Å². The van der Waals surface area contributed by atoms with E-state index in [0.29, 0.717) is 0 Å². The first-order valence-corrected chi connectivity index (χ1v) is 10.8. The number of hydrogen-bond acceptors (Lipinski definition) is 8. The van der Waals surface area contributed by atoms with Gasteiger partial charge in [-0.3, -0.25) is 23.5 Å². The summed E-state index contributed by atoms with van der Waals surface area (Å²) < 4.78 is 12.0. The third kappa shape index (κ3) is 7.06. The predicted octanol–water partition coefficient (Wildman–Crippen LogP) is 1.30. The zero-order valence-corrected chi connectivity index (χ0v) is 19.8. The number of ketones is 1. The van der Waals surface area contributed by atoms with Crippen LogP contribution >= 0.6 is 0 Å². The van der Waals surface area contributed by atoms with Gasteiger partial charge in [0.15, 0.2) is 6.61 Å². The topological polar surface area (TPSA) is 152 Å². The smallest absolute Gasteiger partial charge is 0.407 e. The number of rotatable bonds is 9. The van der Waals surface area contributed by atoms with Crippen LogP contribution < -0.4 is 22.3 Å². The maximum absolute atomic E-state index is 12.8. The molecule has 1 amide bonds. The molecule has 0 spiro atoms. The third-order valence-corrected chi connectivity index (χ3v) is 4.61. The van der Waals surface area contributed by atoms with Gasteiger partial charge in [0.2, 0.25) is 5.78 Å². The average molecular weight is 475 g/mol. The average Bonchev–Trinajstić information content (AvgIpc) is 2.75. The monoisotopic (exact) mass is 474 g/mol. The van der Waals surface area contributed by atoms with Crippen molar-refractivity contribution < 1.29 is 23.9 Å². The molecular weight excluding hydrogens is 444 g/mol. The molecule has 0 saturated carbocycles. The molecule has 11 nitrogen and oxygen atoms in total. The number of nitrogen functional groups attached to an aromatic ring is 1. The lowest BCUT2D eigenvalue weighted by Gasteiger charge is -2.19. The third-order valence-electron chi connectivity index (χ3n) is 4.61. The van der Waals surface area contributed by atoms with Crippen LogP contribution in [0.2, 0.25) is 0 Å². The zero-order chi connectivity index (χ0) is 25.5. The van der Waals surface area contributed by atoms with E-state index in [2.05, 4.69) is 5.32 Å². The second kappa shape index (κ2) is 11.3. The first kappa shape index (κ1) is 26.4. The van der Waals surface area contributed by atoms with Gasteiger partial charge in [-0.2, -0.15) is 0 Å². The van der Waals surface area contributed by atoms with E-state index in [1.165, 1.54) is 0 Å². The van der Waals surface area contributed by atoms with Crippen LogP contribution in [-0.4, -0.2) is 45.7 Å². The van der Waals surface area contributed by atoms with E-state index in [1.54, 1.807) is 52.0 Å². The van der Waals surface area contributed by atoms with Gasteiger partial charge in [-0.1, -0.05) is 30.3 Å². The van der Waals surface area contributed by atoms with E-state index in [1.807, 2.05) is 6.07 Å². The van der Waals surface area contributed by atoms with Crippen molar-refractivity contribution in [2.24, 2.45) is 0 Å². The van der Waals surface area contributed by atoms with Gasteiger partial charge in [0.1, 0.15) is 17.0 Å². The molecule has 3 N–H and O–H groups in total. The van der Waals surface area contributed by atoms with Crippen LogP contribution in [0.15, 0.2) is 39.9 Å². The van der Waals surface area contributed by atoms with E-state index in [-0.39, 0.29) is 31.9 Å². The Balaban J connectivity index is 2.11. The molecule has 2 aromatic rings. The van der Waals surface area contributed by atoms with Gasteiger partial charge in [-0.15, -0.1) is 0 Å². The number of esters is 1. The van der Waals surface area contributed by atoms with Crippen molar-refractivity contribution in [1.29, 1.82) is 0 Å². The van der Waals surface area contributed by atoms with Crippen LogP contribution in [-0.2, 0) is 27.4 Å². The van der Waals surface area contributed by atoms with Crippen molar-refractivity contribution in [3.63, 3.8) is 0 Å². The maximum atomic E-state index is 12.8. The number of aromatic nitrogens is 2. The number of alkyl carbamates (subject to hydrolysis) is 1. The number of amides is 1. The normalized spacial score (nSPS) is 11.1. The summed E-state index contributed by atoms with van der Waals surface area (Å²) in [5.74, 6) is -1.90. The molecule has 0 fully saturated rings. The molecule has 34 heavy (non-hydrogen) atoms. The van der Waals surface area contributed by atoms with Gasteiger partial charge in [-0.25, -0.2) is 9.59 Å². The zero-order valence-electron chi connectivity index (χ0n) is 19.8. The quantitative estimate of drug-likeness (QED) is 0.408. The Morgan fingerprint density at radius 2 is 1.71 bits per heavy atom. The molecule has 1 heterocycles. The molecule has 0 saturated heterocycles. The summed E-state index contributed by atoms with van der Waals surface area (Å²) in [6.45, 7) is 5.99. The minimum Gasteiger partial charge on any atom is -0.457 e. The largest absolute Gasteiger partial charge is 0.457 e. The molecule has 1 aromatic carbocycles. The van der Waals surface area contributed by atoms with Crippen molar-refractivity contribution in [3.05, 3.63) is 62.3 Å². The molecule has 184 valence electrons. The number of nitrogens with one attached hydrogen (secondary N) is 1. The van der Waals surface area contributed by atoms with E-state index >= 15 is 0 Å². The fraction of sp³-hybridized carbons (Fsp3) is 0.435. The molecule has 0 aliphatic rings. The minimum atomic E-state index is -0.845. The Hall–Kier alpha value is -3.89. The number of anilines is 1. The Morgan fingerprint density at radius 3 is 2.29 bits per heavy atom. The number of Topliss-reactive ketones (excluding diaryl/α,β-unsaturated/α-hetero) is 1. The van der Waals surface area contributed by atoms with Crippen LogP contribution in [0.1, 0.15) is 50.0 Å². The standard InChI is InChI=1S/C23H30N4O7/c1-5-26-20(30)18(19(24)27(22(26)32)13-15-9-7-6-8-10-15)16(28)14-33-17(29)11-12-25-21(31)34-23(2,3)4/h6-10H,5,11-14,24H2,1-4H3,(H,25,31). The highest BCUT2D eigenvalue weighted by Crippen LogP contribution is 2.10. The number of carbonyl (C=O) groups is 3. The molecular formula is C23H30N4O7. The summed E-state index contributed by atoms with van der Waals surface area (Å²) in [5.41, 5.74) is 4.22. The Kier molecular flexibility index (Phi) is 8.76. The lowest BCUT2D eigenvalue weighted by Crippen LogP contribution is -2.44. The Morgan fingerprint density at radius 1 is 1.06 bits per heavy atom. The molecule has 0 aliphatic heterocycles. The van der Waals surface area contributed by atoms with Gasteiger partial charge in [0.25, 0.3) is 5.56 Å². The van der Waals surface area contributed by atoms with Gasteiger partial charge < -0.3 is 20.5 Å². The summed E-state index contributed by atoms with van der Waals surface area (Å²) in [6, 6.07) is 8.95. The summed E-state index contributed by atoms with van der Waals surface area (Å²) in [7, 11) is 0. The second-order valence-electron chi connectivity index (χ2n) is 8.43. The SMILES string of the molecule is CCn1c(=O)c(C(=O)COC(=O)CCNC(=O)OC(C)(C)C)c(N)n(Cc2ccccc2)c1=O. The summed E-state index contributed by atoms with van der Waals surface area (Å²) >= 11 is 0. The summed E-state index contributed by atoms with van der Waals surface area (Å²) in [5, 5.41) is 2.40. The highest BCUT2D eigenvalue weighted by atomic mass is 16.6. The Bertz CT molecular complexity index is 1160. The van der Waals surface area contributed by atoms with Crippen molar-refractivity contribution in [2.75, 3.05) is 18.9 Å². The van der Waals surface area contributed by atoms with Gasteiger partial charge in [-0.05, 0) is 33.3 Å². The van der Waals surface area contributed by atoms with Crippen LogP contribution in [0.4, 0.5) is 10.6 Å². The molecule has 11 heteroatoms. The number of carbonyl (C=O) groups excluding carboxylic acids is 3.